The number of nitrogen functional groups attached to an aromatic ring is 1. The Bertz CT molecular complexity index is 478. The van der Waals surface area contributed by atoms with Crippen molar-refractivity contribution in [2.24, 2.45) is 0 Å². The van der Waals surface area contributed by atoms with Gasteiger partial charge in [-0.1, -0.05) is 0 Å². The molecule has 0 amide bonds. The fourth-order valence-electron chi connectivity index (χ4n) is 1.08. The Labute approximate surface area is 107 Å². The fraction of sp³-hybridized carbons (Fsp3) is 0.545. The van der Waals surface area contributed by atoms with Crippen LogP contribution in [0.1, 0.15) is 20.8 Å². The van der Waals surface area contributed by atoms with E-state index in [4.69, 9.17) is 5.73 Å². The lowest BCUT2D eigenvalue weighted by atomic mass is 10.3. The van der Waals surface area contributed by atoms with Crippen LogP contribution in [0.4, 0.5) is 5.69 Å². The number of nitrogens with two attached hydrogens (primary N) is 1. The summed E-state index contributed by atoms with van der Waals surface area (Å²) in [4.78, 5) is 4.10. The van der Waals surface area contributed by atoms with Crippen molar-refractivity contribution >= 4 is 27.3 Å². The second-order valence-electron chi connectivity index (χ2n) is 4.68. The highest BCUT2D eigenvalue weighted by Crippen LogP contribution is 2.23. The van der Waals surface area contributed by atoms with Crippen molar-refractivity contribution in [1.82, 2.24) is 4.98 Å². The average Bonchev–Trinajstić information content (AvgIpc) is 2.19. The van der Waals surface area contributed by atoms with Gasteiger partial charge in [0.2, 0.25) is 0 Å². The van der Waals surface area contributed by atoms with Crippen molar-refractivity contribution < 1.29 is 8.42 Å². The van der Waals surface area contributed by atoms with E-state index < -0.39 is 14.6 Å². The molecule has 1 rings (SSSR count). The van der Waals surface area contributed by atoms with E-state index in [2.05, 4.69) is 4.98 Å². The van der Waals surface area contributed by atoms with E-state index in [-0.39, 0.29) is 5.75 Å². The van der Waals surface area contributed by atoms with Gasteiger partial charge in [0.15, 0.2) is 9.84 Å². The highest BCUT2D eigenvalue weighted by Gasteiger charge is 2.28. The number of pyridine rings is 1. The first-order valence-corrected chi connectivity index (χ1v) is 7.93. The molecule has 17 heavy (non-hydrogen) atoms. The Hall–Kier alpha value is -0.750. The predicted octanol–water partition coefficient (Wildman–Crippen LogP) is 1.97. The van der Waals surface area contributed by atoms with Crippen LogP contribution < -0.4 is 5.73 Å². The van der Waals surface area contributed by atoms with Crippen LogP contribution >= 0.6 is 11.8 Å². The van der Waals surface area contributed by atoms with Crippen molar-refractivity contribution in [3.63, 3.8) is 0 Å². The Balaban J connectivity index is 2.58. The molecule has 0 radical (unpaired) electrons. The van der Waals surface area contributed by atoms with E-state index in [1.165, 1.54) is 11.8 Å². The topological polar surface area (TPSA) is 73.0 Å². The van der Waals surface area contributed by atoms with Crippen LogP contribution in [0.5, 0.6) is 0 Å². The SMILES string of the molecule is CC(C)(C)S(=O)(=O)CCSc1ncccc1N. The summed E-state index contributed by atoms with van der Waals surface area (Å²) < 4.78 is 23.0. The number of hydrogen-bond acceptors (Lipinski definition) is 5. The van der Waals surface area contributed by atoms with Gasteiger partial charge in [-0.25, -0.2) is 13.4 Å². The molecule has 0 unspecified atom stereocenters. The molecule has 0 bridgehead atoms. The molecule has 1 aromatic rings. The molecule has 1 heterocycles. The number of aromatic nitrogens is 1. The molecule has 0 atom stereocenters. The smallest absolute Gasteiger partial charge is 0.156 e. The first-order chi connectivity index (χ1) is 7.74. The third-order valence-electron chi connectivity index (χ3n) is 2.32. The number of nitrogens with zero attached hydrogens (tertiary/aromatic N) is 1. The highest BCUT2D eigenvalue weighted by atomic mass is 32.2. The molecule has 0 aliphatic heterocycles. The van der Waals surface area contributed by atoms with Crippen LogP contribution in [-0.2, 0) is 9.84 Å². The molecule has 1 aromatic heterocycles. The normalized spacial score (nSPS) is 12.6. The van der Waals surface area contributed by atoms with Crippen molar-refractivity contribution in [3.8, 4) is 0 Å². The van der Waals surface area contributed by atoms with Gasteiger partial charge >= 0.3 is 0 Å². The van der Waals surface area contributed by atoms with E-state index in [0.717, 1.165) is 0 Å². The Morgan fingerprint density at radius 2 is 2.06 bits per heavy atom. The molecule has 0 aliphatic rings. The van der Waals surface area contributed by atoms with Gasteiger partial charge < -0.3 is 5.73 Å². The molecule has 96 valence electrons. The molecule has 0 aromatic carbocycles. The molecule has 0 saturated carbocycles. The highest BCUT2D eigenvalue weighted by molar-refractivity contribution is 8.01. The maximum atomic E-state index is 11.9. The van der Waals surface area contributed by atoms with E-state index in [9.17, 15) is 8.42 Å². The zero-order valence-corrected chi connectivity index (χ0v) is 11.9. The summed E-state index contributed by atoms with van der Waals surface area (Å²) in [5.74, 6) is 0.609. The fourth-order valence-corrected chi connectivity index (χ4v) is 3.46. The summed E-state index contributed by atoms with van der Waals surface area (Å²) in [5.41, 5.74) is 6.31. The van der Waals surface area contributed by atoms with Gasteiger partial charge in [0.05, 0.1) is 16.2 Å². The van der Waals surface area contributed by atoms with Gasteiger partial charge in [-0.05, 0) is 32.9 Å². The zero-order valence-electron chi connectivity index (χ0n) is 10.3. The van der Waals surface area contributed by atoms with Crippen molar-refractivity contribution in [1.29, 1.82) is 0 Å². The molecular weight excluding hydrogens is 256 g/mol. The van der Waals surface area contributed by atoms with Crippen LogP contribution in [0.25, 0.3) is 0 Å². The lowest BCUT2D eigenvalue weighted by Crippen LogP contribution is -2.31. The second-order valence-corrected chi connectivity index (χ2v) is 8.62. The zero-order chi connectivity index (χ0) is 13.1. The predicted molar refractivity (Wildman–Crippen MR) is 72.9 cm³/mol. The van der Waals surface area contributed by atoms with E-state index in [0.29, 0.717) is 16.5 Å². The maximum absolute atomic E-state index is 11.9. The molecule has 0 aliphatic carbocycles. The molecule has 0 fully saturated rings. The largest absolute Gasteiger partial charge is 0.397 e. The van der Waals surface area contributed by atoms with Crippen molar-refractivity contribution in [2.45, 2.75) is 30.5 Å². The molecule has 0 spiro atoms. The molecule has 4 nitrogen and oxygen atoms in total. The van der Waals surface area contributed by atoms with Gasteiger partial charge in [-0.3, -0.25) is 0 Å². The van der Waals surface area contributed by atoms with E-state index in [1.807, 2.05) is 0 Å². The summed E-state index contributed by atoms with van der Waals surface area (Å²) >= 11 is 1.37. The molecule has 0 saturated heterocycles. The number of thioether (sulfide) groups is 1. The van der Waals surface area contributed by atoms with Crippen molar-refractivity contribution in [2.75, 3.05) is 17.2 Å². The van der Waals surface area contributed by atoms with Crippen LogP contribution in [0.15, 0.2) is 23.4 Å². The quantitative estimate of drug-likeness (QED) is 0.850. The van der Waals surface area contributed by atoms with Gasteiger partial charge in [-0.2, -0.15) is 0 Å². The lowest BCUT2D eigenvalue weighted by Gasteiger charge is -2.18. The number of sulfone groups is 1. The first-order valence-electron chi connectivity index (χ1n) is 5.29. The van der Waals surface area contributed by atoms with Crippen LogP contribution in [-0.4, -0.2) is 29.7 Å². The minimum Gasteiger partial charge on any atom is -0.397 e. The van der Waals surface area contributed by atoms with Gasteiger partial charge in [0, 0.05) is 11.9 Å². The Morgan fingerprint density at radius 3 is 2.59 bits per heavy atom. The summed E-state index contributed by atoms with van der Waals surface area (Å²) in [6.07, 6.45) is 1.65. The monoisotopic (exact) mass is 274 g/mol. The van der Waals surface area contributed by atoms with E-state index in [1.54, 1.807) is 39.1 Å². The maximum Gasteiger partial charge on any atom is 0.156 e. The Morgan fingerprint density at radius 1 is 1.41 bits per heavy atom. The summed E-state index contributed by atoms with van der Waals surface area (Å²) in [6, 6.07) is 3.51. The van der Waals surface area contributed by atoms with Crippen LogP contribution in [0, 0.1) is 0 Å². The average molecular weight is 274 g/mol. The third-order valence-corrected chi connectivity index (χ3v) is 6.21. The van der Waals surface area contributed by atoms with Gasteiger partial charge in [0.1, 0.15) is 5.03 Å². The second kappa shape index (κ2) is 5.27. The summed E-state index contributed by atoms with van der Waals surface area (Å²) in [7, 11) is -3.07. The lowest BCUT2D eigenvalue weighted by molar-refractivity contribution is 0.562. The van der Waals surface area contributed by atoms with Crippen LogP contribution in [0.3, 0.4) is 0 Å². The van der Waals surface area contributed by atoms with E-state index >= 15 is 0 Å². The van der Waals surface area contributed by atoms with Gasteiger partial charge in [-0.15, -0.1) is 11.8 Å². The molecular formula is C11H18N2O2S2. The number of anilines is 1. The third kappa shape index (κ3) is 3.89. The summed E-state index contributed by atoms with van der Waals surface area (Å²) in [5, 5.41) is 0.691. The van der Waals surface area contributed by atoms with Crippen LogP contribution in [0.2, 0.25) is 0 Å². The molecule has 2 N–H and O–H groups in total. The standard InChI is InChI=1S/C11H18N2O2S2/c1-11(2,3)17(14,15)8-7-16-10-9(12)5-4-6-13-10/h4-6H,7-8,12H2,1-3H3. The van der Waals surface area contributed by atoms with Gasteiger partial charge in [0.25, 0.3) is 0 Å². The Kier molecular flexibility index (Phi) is 4.43. The first kappa shape index (κ1) is 14.3. The minimum absolute atomic E-state index is 0.136. The number of rotatable bonds is 4. The minimum atomic E-state index is -3.07. The molecule has 6 heteroatoms. The van der Waals surface area contributed by atoms with Crippen molar-refractivity contribution in [3.05, 3.63) is 18.3 Å². The number of hydrogen-bond donors (Lipinski definition) is 1. The summed E-state index contributed by atoms with van der Waals surface area (Å²) in [6.45, 7) is 5.13.